The fraction of sp³-hybridized carbons (Fsp3) is 0.500. The first-order valence-corrected chi connectivity index (χ1v) is 9.53. The molecule has 1 N–H and O–H groups in total. The zero-order valence-electron chi connectivity index (χ0n) is 15.7. The highest BCUT2D eigenvalue weighted by Gasteiger charge is 2.36. The summed E-state index contributed by atoms with van der Waals surface area (Å²) >= 11 is 0. The number of aromatic nitrogens is 2. The van der Waals surface area contributed by atoms with Crippen molar-refractivity contribution in [1.29, 1.82) is 0 Å². The second kappa shape index (κ2) is 7.24. The van der Waals surface area contributed by atoms with E-state index in [1.165, 1.54) is 11.1 Å². The van der Waals surface area contributed by atoms with Crippen LogP contribution in [0.5, 0.6) is 0 Å². The van der Waals surface area contributed by atoms with Crippen molar-refractivity contribution < 1.29 is 18.0 Å². The number of carbonyl (C=O) groups excluding carboxylic acids is 1. The maximum Gasteiger partial charge on any atom is 0.432 e. The summed E-state index contributed by atoms with van der Waals surface area (Å²) in [5.74, 6) is -0.478. The van der Waals surface area contributed by atoms with Gasteiger partial charge in [0.15, 0.2) is 5.69 Å². The number of hydrogen-bond acceptors (Lipinski definition) is 3. The fourth-order valence-corrected chi connectivity index (χ4v) is 4.35. The van der Waals surface area contributed by atoms with E-state index in [0.29, 0.717) is 6.04 Å². The van der Waals surface area contributed by atoms with Gasteiger partial charge in [0.25, 0.3) is 5.91 Å². The number of H-pyrrole nitrogens is 1. The number of likely N-dealkylation sites (N-methyl/N-ethyl adjacent to an activating group) is 1. The Hall–Kier alpha value is -2.35. The Balaban J connectivity index is 1.41. The lowest BCUT2D eigenvalue weighted by Crippen LogP contribution is -2.51. The maximum atomic E-state index is 12.8. The molecule has 150 valence electrons. The molecule has 0 saturated carbocycles. The van der Waals surface area contributed by atoms with Crippen LogP contribution in [0.1, 0.15) is 40.2 Å². The lowest BCUT2D eigenvalue weighted by molar-refractivity contribution is -0.141. The van der Waals surface area contributed by atoms with Gasteiger partial charge in [-0.25, -0.2) is 0 Å². The Morgan fingerprint density at radius 2 is 1.93 bits per heavy atom. The summed E-state index contributed by atoms with van der Waals surface area (Å²) in [7, 11) is 1.65. The van der Waals surface area contributed by atoms with Crippen molar-refractivity contribution in [2.24, 2.45) is 0 Å². The number of benzene rings is 1. The van der Waals surface area contributed by atoms with E-state index in [1.54, 1.807) is 11.9 Å². The zero-order valence-corrected chi connectivity index (χ0v) is 15.7. The smallest absolute Gasteiger partial charge is 0.336 e. The molecule has 2 aliphatic rings. The number of rotatable bonds is 3. The molecule has 4 rings (SSSR count). The van der Waals surface area contributed by atoms with Crippen LogP contribution >= 0.6 is 0 Å². The molecule has 1 amide bonds. The highest BCUT2D eigenvalue weighted by molar-refractivity contribution is 5.92. The number of nitrogens with zero attached hydrogens (tertiary/aromatic N) is 3. The van der Waals surface area contributed by atoms with Gasteiger partial charge >= 0.3 is 6.18 Å². The molecule has 1 aromatic carbocycles. The van der Waals surface area contributed by atoms with Crippen molar-refractivity contribution in [2.75, 3.05) is 20.1 Å². The molecule has 2 heterocycles. The molecule has 1 aliphatic heterocycles. The van der Waals surface area contributed by atoms with E-state index in [4.69, 9.17) is 0 Å². The van der Waals surface area contributed by atoms with E-state index in [2.05, 4.69) is 34.3 Å². The number of likely N-dealkylation sites (tertiary alicyclic amines) is 1. The van der Waals surface area contributed by atoms with Crippen molar-refractivity contribution in [2.45, 2.75) is 43.9 Å². The largest absolute Gasteiger partial charge is 0.432 e. The quantitative estimate of drug-likeness (QED) is 0.873. The van der Waals surface area contributed by atoms with Crippen LogP contribution in [0, 0.1) is 0 Å². The van der Waals surface area contributed by atoms with E-state index >= 15 is 0 Å². The van der Waals surface area contributed by atoms with Crippen LogP contribution in [0.4, 0.5) is 13.2 Å². The molecule has 0 unspecified atom stereocenters. The van der Waals surface area contributed by atoms with E-state index < -0.39 is 17.8 Å². The Kier molecular flexibility index (Phi) is 4.91. The molecule has 1 aromatic heterocycles. The average molecular weight is 392 g/mol. The molecule has 8 heteroatoms. The van der Waals surface area contributed by atoms with E-state index in [9.17, 15) is 18.0 Å². The van der Waals surface area contributed by atoms with Crippen LogP contribution in [-0.4, -0.2) is 58.1 Å². The summed E-state index contributed by atoms with van der Waals surface area (Å²) in [5, 5.41) is 5.49. The number of alkyl halides is 3. The second-order valence-corrected chi connectivity index (χ2v) is 7.70. The Bertz CT molecular complexity index is 838. The maximum absolute atomic E-state index is 12.8. The van der Waals surface area contributed by atoms with Crippen molar-refractivity contribution in [3.8, 4) is 0 Å². The first-order valence-electron chi connectivity index (χ1n) is 9.53. The summed E-state index contributed by atoms with van der Waals surface area (Å²) in [5.41, 5.74) is 1.57. The van der Waals surface area contributed by atoms with E-state index in [-0.39, 0.29) is 11.7 Å². The topological polar surface area (TPSA) is 52.2 Å². The molecule has 1 aliphatic carbocycles. The SMILES string of the molecule is CN(C(=O)c1cc(C(F)(F)F)[nH]n1)[C@H]1CCCN(C2Cc3ccccc3C2)C1. The van der Waals surface area contributed by atoms with Crippen molar-refractivity contribution in [3.63, 3.8) is 0 Å². The van der Waals surface area contributed by atoms with Crippen LogP contribution in [0.15, 0.2) is 30.3 Å². The molecule has 1 atom stereocenters. The summed E-state index contributed by atoms with van der Waals surface area (Å²) in [6.07, 6.45) is -0.717. The van der Waals surface area contributed by atoms with Gasteiger partial charge in [-0.05, 0) is 43.4 Å². The van der Waals surface area contributed by atoms with Gasteiger partial charge in [0, 0.05) is 31.7 Å². The molecule has 1 saturated heterocycles. The number of fused-ring (bicyclic) bond motifs is 1. The van der Waals surface area contributed by atoms with E-state index in [0.717, 1.165) is 44.8 Å². The summed E-state index contributed by atoms with van der Waals surface area (Å²) in [6.45, 7) is 1.72. The third-order valence-corrected chi connectivity index (χ3v) is 5.94. The summed E-state index contributed by atoms with van der Waals surface area (Å²) < 4.78 is 38.3. The minimum absolute atomic E-state index is 0.0315. The summed E-state index contributed by atoms with van der Waals surface area (Å²) in [6, 6.07) is 9.64. The highest BCUT2D eigenvalue weighted by atomic mass is 19.4. The average Bonchev–Trinajstić information content (AvgIpc) is 3.34. The van der Waals surface area contributed by atoms with Gasteiger partial charge in [-0.2, -0.15) is 18.3 Å². The van der Waals surface area contributed by atoms with Crippen molar-refractivity contribution in [3.05, 3.63) is 52.8 Å². The third kappa shape index (κ3) is 3.65. The molecule has 0 spiro atoms. The molecular weight excluding hydrogens is 369 g/mol. The normalized spacial score (nSPS) is 20.9. The Morgan fingerprint density at radius 1 is 1.25 bits per heavy atom. The lowest BCUT2D eigenvalue weighted by Gasteiger charge is -2.40. The minimum atomic E-state index is -4.54. The molecule has 2 aromatic rings. The standard InChI is InChI=1S/C20H23F3N4O/c1-26(19(28)17-11-18(25-24-17)20(21,22)23)15-7-4-8-27(12-15)16-9-13-5-2-3-6-14(13)10-16/h2-3,5-6,11,15-16H,4,7-10,12H2,1H3,(H,24,25)/t15-/m0/s1. The van der Waals surface area contributed by atoms with Crippen molar-refractivity contribution >= 4 is 5.91 Å². The van der Waals surface area contributed by atoms with Crippen LogP contribution in [0.25, 0.3) is 0 Å². The number of halogens is 3. The van der Waals surface area contributed by atoms with Gasteiger partial charge in [-0.3, -0.25) is 14.8 Å². The first-order chi connectivity index (χ1) is 13.3. The molecule has 5 nitrogen and oxygen atoms in total. The monoisotopic (exact) mass is 392 g/mol. The van der Waals surface area contributed by atoms with Gasteiger partial charge in [0.1, 0.15) is 5.69 Å². The number of amides is 1. The second-order valence-electron chi connectivity index (χ2n) is 7.70. The summed E-state index contributed by atoms with van der Waals surface area (Å²) in [4.78, 5) is 16.6. The molecule has 0 radical (unpaired) electrons. The lowest BCUT2D eigenvalue weighted by atomic mass is 10.0. The number of nitrogens with one attached hydrogen (secondary N) is 1. The minimum Gasteiger partial charge on any atom is -0.336 e. The number of carbonyl (C=O) groups is 1. The first kappa shape index (κ1) is 19.0. The van der Waals surface area contributed by atoms with Crippen LogP contribution < -0.4 is 0 Å². The van der Waals surface area contributed by atoms with Gasteiger partial charge in [0.2, 0.25) is 0 Å². The molecule has 1 fully saturated rings. The van der Waals surface area contributed by atoms with Crippen LogP contribution in [-0.2, 0) is 19.0 Å². The highest BCUT2D eigenvalue weighted by Crippen LogP contribution is 2.30. The van der Waals surface area contributed by atoms with Crippen molar-refractivity contribution in [1.82, 2.24) is 20.0 Å². The van der Waals surface area contributed by atoms with Gasteiger partial charge in [0.05, 0.1) is 0 Å². The third-order valence-electron chi connectivity index (χ3n) is 5.94. The number of hydrogen-bond donors (Lipinski definition) is 1. The Labute approximate surface area is 161 Å². The Morgan fingerprint density at radius 3 is 2.54 bits per heavy atom. The molecule has 0 bridgehead atoms. The number of aromatic amines is 1. The van der Waals surface area contributed by atoms with Gasteiger partial charge in [-0.15, -0.1) is 0 Å². The van der Waals surface area contributed by atoms with Crippen LogP contribution in [0.3, 0.4) is 0 Å². The van der Waals surface area contributed by atoms with Crippen LogP contribution in [0.2, 0.25) is 0 Å². The molecule has 28 heavy (non-hydrogen) atoms. The molecular formula is C20H23F3N4O. The fourth-order valence-electron chi connectivity index (χ4n) is 4.35. The predicted molar refractivity (Wildman–Crippen MR) is 97.9 cm³/mol. The predicted octanol–water partition coefficient (Wildman–Crippen LogP) is 3.13. The van der Waals surface area contributed by atoms with Gasteiger partial charge in [-0.1, -0.05) is 24.3 Å². The zero-order chi connectivity index (χ0) is 19.9. The number of piperidine rings is 1. The van der Waals surface area contributed by atoms with E-state index in [1.807, 2.05) is 5.10 Å². The van der Waals surface area contributed by atoms with Gasteiger partial charge < -0.3 is 4.90 Å².